The van der Waals surface area contributed by atoms with Gasteiger partial charge < -0.3 is 5.32 Å². The Morgan fingerprint density at radius 2 is 2.12 bits per heavy atom. The first-order valence-electron chi connectivity index (χ1n) is 4.88. The number of carbonyl (C=O) groups excluding carboxylic acids is 1. The molecule has 16 heavy (non-hydrogen) atoms. The van der Waals surface area contributed by atoms with E-state index in [1.165, 1.54) is 0 Å². The van der Waals surface area contributed by atoms with E-state index in [4.69, 9.17) is 0 Å². The summed E-state index contributed by atoms with van der Waals surface area (Å²) in [6, 6.07) is 3.49. The molecule has 0 radical (unpaired) electrons. The highest BCUT2D eigenvalue weighted by Crippen LogP contribution is 2.13. The van der Waals surface area contributed by atoms with Gasteiger partial charge in [0, 0.05) is 28.1 Å². The van der Waals surface area contributed by atoms with E-state index in [1.54, 1.807) is 18.3 Å². The number of amides is 1. The summed E-state index contributed by atoms with van der Waals surface area (Å²) in [5, 5.41) is 4.37. The quantitative estimate of drug-likeness (QED) is 0.849. The number of rotatable bonds is 4. The highest BCUT2D eigenvalue weighted by Gasteiger charge is 2.24. The van der Waals surface area contributed by atoms with Crippen molar-refractivity contribution in [2.24, 2.45) is 0 Å². The molecule has 0 bridgehead atoms. The van der Waals surface area contributed by atoms with Gasteiger partial charge in [0.05, 0.1) is 5.54 Å². The fourth-order valence-corrected chi connectivity index (χ4v) is 2.34. The number of pyridine rings is 1. The number of halogens is 2. The van der Waals surface area contributed by atoms with Gasteiger partial charge in [0.25, 0.3) is 5.91 Å². The first kappa shape index (κ1) is 13.6. The Balaban J connectivity index is 2.80. The lowest BCUT2D eigenvalue weighted by Crippen LogP contribution is -2.48. The Morgan fingerprint density at radius 3 is 2.62 bits per heavy atom. The van der Waals surface area contributed by atoms with Crippen molar-refractivity contribution in [3.8, 4) is 0 Å². The Morgan fingerprint density at radius 1 is 1.50 bits per heavy atom. The SMILES string of the molecule is Cc1cc(C(=O)NC(C)(CBr)CBr)ccn1. The van der Waals surface area contributed by atoms with Crippen LogP contribution < -0.4 is 5.32 Å². The van der Waals surface area contributed by atoms with Gasteiger partial charge in [-0.2, -0.15) is 0 Å². The summed E-state index contributed by atoms with van der Waals surface area (Å²) in [6.45, 7) is 3.84. The zero-order valence-electron chi connectivity index (χ0n) is 9.26. The van der Waals surface area contributed by atoms with E-state index in [2.05, 4.69) is 42.2 Å². The normalized spacial score (nSPS) is 11.2. The molecule has 5 heteroatoms. The molecule has 1 aromatic heterocycles. The highest BCUT2D eigenvalue weighted by molar-refractivity contribution is 9.09. The van der Waals surface area contributed by atoms with E-state index < -0.39 is 0 Å². The van der Waals surface area contributed by atoms with Crippen molar-refractivity contribution in [1.29, 1.82) is 0 Å². The number of aryl methyl sites for hydroxylation is 1. The van der Waals surface area contributed by atoms with Crippen LogP contribution in [-0.4, -0.2) is 27.1 Å². The Bertz CT molecular complexity index is 378. The molecule has 0 aliphatic heterocycles. The summed E-state index contributed by atoms with van der Waals surface area (Å²) in [4.78, 5) is 16.0. The molecular formula is C11H14Br2N2O. The van der Waals surface area contributed by atoms with E-state index in [9.17, 15) is 4.79 Å². The average molecular weight is 350 g/mol. The molecular weight excluding hydrogens is 336 g/mol. The van der Waals surface area contributed by atoms with Crippen LogP contribution in [0.15, 0.2) is 18.3 Å². The summed E-state index contributed by atoms with van der Waals surface area (Å²) >= 11 is 6.78. The molecule has 1 heterocycles. The maximum Gasteiger partial charge on any atom is 0.251 e. The molecule has 0 aliphatic rings. The molecule has 1 amide bonds. The topological polar surface area (TPSA) is 42.0 Å². The minimum Gasteiger partial charge on any atom is -0.345 e. The molecule has 0 saturated carbocycles. The van der Waals surface area contributed by atoms with Crippen molar-refractivity contribution >= 4 is 37.8 Å². The molecule has 0 saturated heterocycles. The van der Waals surface area contributed by atoms with Crippen LogP contribution in [0.3, 0.4) is 0 Å². The molecule has 1 aromatic rings. The zero-order valence-corrected chi connectivity index (χ0v) is 12.4. The number of nitrogens with zero attached hydrogens (tertiary/aromatic N) is 1. The molecule has 0 unspecified atom stereocenters. The van der Waals surface area contributed by atoms with Crippen molar-refractivity contribution < 1.29 is 4.79 Å². The fourth-order valence-electron chi connectivity index (χ4n) is 1.14. The molecule has 0 spiro atoms. The van der Waals surface area contributed by atoms with Crippen LogP contribution in [0.1, 0.15) is 23.0 Å². The van der Waals surface area contributed by atoms with Crippen molar-refractivity contribution in [2.45, 2.75) is 19.4 Å². The van der Waals surface area contributed by atoms with Crippen LogP contribution in [0, 0.1) is 6.92 Å². The largest absolute Gasteiger partial charge is 0.345 e. The Hall–Kier alpha value is -0.420. The second-order valence-electron chi connectivity index (χ2n) is 3.97. The van der Waals surface area contributed by atoms with Gasteiger partial charge >= 0.3 is 0 Å². The molecule has 1 rings (SSSR count). The van der Waals surface area contributed by atoms with Crippen molar-refractivity contribution in [2.75, 3.05) is 10.7 Å². The number of carbonyl (C=O) groups is 1. The maximum atomic E-state index is 11.9. The van der Waals surface area contributed by atoms with Gasteiger partial charge in [0.1, 0.15) is 0 Å². The van der Waals surface area contributed by atoms with E-state index in [-0.39, 0.29) is 11.4 Å². The van der Waals surface area contributed by atoms with Gasteiger partial charge in [0.2, 0.25) is 0 Å². The summed E-state index contributed by atoms with van der Waals surface area (Å²) in [7, 11) is 0. The summed E-state index contributed by atoms with van der Waals surface area (Å²) < 4.78 is 0. The van der Waals surface area contributed by atoms with Crippen molar-refractivity contribution in [3.05, 3.63) is 29.6 Å². The number of nitrogens with one attached hydrogen (secondary N) is 1. The van der Waals surface area contributed by atoms with Gasteiger partial charge in [0.15, 0.2) is 0 Å². The summed E-state index contributed by atoms with van der Waals surface area (Å²) in [5.41, 5.74) is 1.20. The zero-order chi connectivity index (χ0) is 12.2. The standard InChI is InChI=1S/C11H14Br2N2O/c1-8-5-9(3-4-14-8)10(16)15-11(2,6-12)7-13/h3-5H,6-7H2,1-2H3,(H,15,16). The molecule has 0 atom stereocenters. The van der Waals surface area contributed by atoms with Crippen LogP contribution in [0.25, 0.3) is 0 Å². The number of hydrogen-bond acceptors (Lipinski definition) is 2. The number of hydrogen-bond donors (Lipinski definition) is 1. The Labute approximate surface area is 112 Å². The minimum atomic E-state index is -0.283. The van der Waals surface area contributed by atoms with E-state index in [1.807, 2.05) is 13.8 Å². The molecule has 0 fully saturated rings. The van der Waals surface area contributed by atoms with Crippen LogP contribution in [-0.2, 0) is 0 Å². The third-order valence-electron chi connectivity index (χ3n) is 2.16. The van der Waals surface area contributed by atoms with E-state index >= 15 is 0 Å². The van der Waals surface area contributed by atoms with E-state index in [0.29, 0.717) is 16.2 Å². The average Bonchev–Trinajstić information content (AvgIpc) is 2.29. The first-order chi connectivity index (χ1) is 7.50. The van der Waals surface area contributed by atoms with Crippen LogP contribution >= 0.6 is 31.9 Å². The maximum absolute atomic E-state index is 11.9. The molecule has 88 valence electrons. The van der Waals surface area contributed by atoms with Gasteiger partial charge in [-0.1, -0.05) is 31.9 Å². The van der Waals surface area contributed by atoms with Crippen LogP contribution in [0.4, 0.5) is 0 Å². The monoisotopic (exact) mass is 348 g/mol. The van der Waals surface area contributed by atoms with Gasteiger partial charge in [-0.15, -0.1) is 0 Å². The number of aromatic nitrogens is 1. The summed E-state index contributed by atoms with van der Waals surface area (Å²) in [6.07, 6.45) is 1.64. The predicted octanol–water partition coefficient (Wildman–Crippen LogP) is 2.67. The molecule has 1 N–H and O–H groups in total. The highest BCUT2D eigenvalue weighted by atomic mass is 79.9. The Kier molecular flexibility index (Phi) is 4.92. The van der Waals surface area contributed by atoms with Gasteiger partial charge in [-0.25, -0.2) is 0 Å². The lowest BCUT2D eigenvalue weighted by atomic mass is 10.1. The first-order valence-corrected chi connectivity index (χ1v) is 7.12. The summed E-state index contributed by atoms with van der Waals surface area (Å²) in [5.74, 6) is -0.0769. The minimum absolute atomic E-state index is 0.0769. The smallest absolute Gasteiger partial charge is 0.251 e. The third-order valence-corrected chi connectivity index (χ3v) is 4.64. The van der Waals surface area contributed by atoms with Crippen molar-refractivity contribution in [1.82, 2.24) is 10.3 Å². The van der Waals surface area contributed by atoms with E-state index in [0.717, 1.165) is 5.69 Å². The fraction of sp³-hybridized carbons (Fsp3) is 0.455. The molecule has 0 aromatic carbocycles. The van der Waals surface area contributed by atoms with Gasteiger partial charge in [-0.05, 0) is 26.0 Å². The van der Waals surface area contributed by atoms with Gasteiger partial charge in [-0.3, -0.25) is 9.78 Å². The lowest BCUT2D eigenvalue weighted by Gasteiger charge is -2.26. The lowest BCUT2D eigenvalue weighted by molar-refractivity contribution is 0.0922. The number of alkyl halides is 2. The third kappa shape index (κ3) is 3.56. The second-order valence-corrected chi connectivity index (χ2v) is 5.09. The van der Waals surface area contributed by atoms with Crippen LogP contribution in [0.5, 0.6) is 0 Å². The van der Waals surface area contributed by atoms with Crippen LogP contribution in [0.2, 0.25) is 0 Å². The predicted molar refractivity (Wildman–Crippen MR) is 72.4 cm³/mol. The second kappa shape index (κ2) is 5.77. The van der Waals surface area contributed by atoms with Crippen molar-refractivity contribution in [3.63, 3.8) is 0 Å². The molecule has 0 aliphatic carbocycles. The molecule has 3 nitrogen and oxygen atoms in total.